The molecule has 49 heavy (non-hydrogen) atoms. The summed E-state index contributed by atoms with van der Waals surface area (Å²) in [7, 11) is 0. The molecule has 248 valence electrons. The minimum absolute atomic E-state index is 0.0417. The first kappa shape index (κ1) is 35.5. The van der Waals surface area contributed by atoms with E-state index in [0.29, 0.717) is 33.4 Å². The highest BCUT2D eigenvalue weighted by atomic mass is 19.1. The van der Waals surface area contributed by atoms with E-state index in [1.807, 2.05) is 0 Å². The summed E-state index contributed by atoms with van der Waals surface area (Å²) in [5.41, 5.74) is 3.47. The van der Waals surface area contributed by atoms with E-state index in [2.05, 4.69) is 26.3 Å². The van der Waals surface area contributed by atoms with Crippen molar-refractivity contribution in [3.05, 3.63) is 133 Å². The van der Waals surface area contributed by atoms with Gasteiger partial charge in [-0.15, -0.1) is 0 Å². The van der Waals surface area contributed by atoms with E-state index in [4.69, 9.17) is 18.9 Å². The molecule has 4 aromatic rings. The van der Waals surface area contributed by atoms with Crippen LogP contribution in [-0.4, -0.2) is 23.9 Å². The molecule has 0 aromatic heterocycles. The third-order valence-electron chi connectivity index (χ3n) is 6.91. The van der Waals surface area contributed by atoms with Crippen molar-refractivity contribution in [2.45, 2.75) is 27.7 Å². The van der Waals surface area contributed by atoms with Crippen LogP contribution >= 0.6 is 0 Å². The maximum atomic E-state index is 15.7. The van der Waals surface area contributed by atoms with Crippen molar-refractivity contribution in [3.63, 3.8) is 0 Å². The van der Waals surface area contributed by atoms with E-state index < -0.39 is 29.7 Å². The molecule has 0 amide bonds. The summed E-state index contributed by atoms with van der Waals surface area (Å²) in [6.45, 7) is 20.3. The van der Waals surface area contributed by atoms with Gasteiger partial charge in [-0.3, -0.25) is 0 Å². The lowest BCUT2D eigenvalue weighted by atomic mass is 9.97. The van der Waals surface area contributed by atoms with Crippen LogP contribution < -0.4 is 18.9 Å². The highest BCUT2D eigenvalue weighted by Crippen LogP contribution is 2.38. The lowest BCUT2D eigenvalue weighted by Crippen LogP contribution is -2.11. The van der Waals surface area contributed by atoms with Crippen LogP contribution in [0.4, 0.5) is 4.39 Å². The Labute approximate surface area is 283 Å². The van der Waals surface area contributed by atoms with Gasteiger partial charge >= 0.3 is 23.9 Å². The minimum atomic E-state index is -0.707. The van der Waals surface area contributed by atoms with Crippen LogP contribution in [0.25, 0.3) is 33.4 Å². The molecule has 9 heteroatoms. The van der Waals surface area contributed by atoms with E-state index in [1.54, 1.807) is 54.6 Å². The number of rotatable bonds is 11. The van der Waals surface area contributed by atoms with Crippen molar-refractivity contribution in [2.75, 3.05) is 0 Å². The molecule has 0 saturated carbocycles. The maximum absolute atomic E-state index is 15.7. The van der Waals surface area contributed by atoms with Crippen LogP contribution in [-0.2, 0) is 19.2 Å². The zero-order valence-electron chi connectivity index (χ0n) is 27.5. The predicted octanol–water partition coefficient (Wildman–Crippen LogP) is 8.75. The van der Waals surface area contributed by atoms with Crippen molar-refractivity contribution >= 4 is 23.9 Å². The molecule has 0 heterocycles. The molecule has 0 atom stereocenters. The van der Waals surface area contributed by atoms with E-state index in [-0.39, 0.29) is 45.3 Å². The average Bonchev–Trinajstić information content (AvgIpc) is 3.05. The molecule has 4 rings (SSSR count). The molecular formula is C40H33FO8. The van der Waals surface area contributed by atoms with Gasteiger partial charge < -0.3 is 18.9 Å². The number of esters is 4. The number of carbonyl (C=O) groups excluding carboxylic acids is 4. The Balaban J connectivity index is 1.67. The molecule has 0 bridgehead atoms. The monoisotopic (exact) mass is 660 g/mol. The van der Waals surface area contributed by atoms with Crippen molar-refractivity contribution in [1.82, 2.24) is 0 Å². The molecule has 0 aliphatic rings. The van der Waals surface area contributed by atoms with Crippen molar-refractivity contribution in [1.29, 1.82) is 0 Å². The zero-order chi connectivity index (χ0) is 36.0. The van der Waals surface area contributed by atoms with Gasteiger partial charge in [0.15, 0.2) is 0 Å². The third-order valence-corrected chi connectivity index (χ3v) is 6.91. The van der Waals surface area contributed by atoms with Gasteiger partial charge in [0.25, 0.3) is 0 Å². The van der Waals surface area contributed by atoms with Gasteiger partial charge in [-0.2, -0.15) is 0 Å². The molecule has 4 aromatic carbocycles. The van der Waals surface area contributed by atoms with Gasteiger partial charge in [0.05, 0.1) is 0 Å². The van der Waals surface area contributed by atoms with Crippen LogP contribution in [0, 0.1) is 5.82 Å². The minimum Gasteiger partial charge on any atom is -0.423 e. The Morgan fingerprint density at radius 2 is 0.776 bits per heavy atom. The van der Waals surface area contributed by atoms with Gasteiger partial charge in [-0.05, 0) is 74.7 Å². The molecule has 0 N–H and O–H groups in total. The largest absolute Gasteiger partial charge is 0.423 e. The van der Waals surface area contributed by atoms with E-state index in [9.17, 15) is 19.2 Å². The molecule has 0 fully saturated rings. The number of ether oxygens (including phenoxy) is 4. The maximum Gasteiger partial charge on any atom is 0.338 e. The number of halogens is 1. The molecule has 0 aliphatic heterocycles. The smallest absolute Gasteiger partial charge is 0.338 e. The molecule has 0 spiro atoms. The van der Waals surface area contributed by atoms with Crippen LogP contribution in [0.5, 0.6) is 23.0 Å². The lowest BCUT2D eigenvalue weighted by molar-refractivity contribution is -0.131. The van der Waals surface area contributed by atoms with Gasteiger partial charge in [0.2, 0.25) is 0 Å². The highest BCUT2D eigenvalue weighted by Gasteiger charge is 2.18. The quantitative estimate of drug-likeness (QED) is 0.0894. The molecule has 0 radical (unpaired) electrons. The first-order valence-corrected chi connectivity index (χ1v) is 14.8. The molecular weight excluding hydrogens is 627 g/mol. The Morgan fingerprint density at radius 1 is 0.449 bits per heavy atom. The fourth-order valence-corrected chi connectivity index (χ4v) is 4.29. The highest BCUT2D eigenvalue weighted by molar-refractivity contribution is 5.93. The van der Waals surface area contributed by atoms with Crippen molar-refractivity contribution < 1.29 is 42.5 Å². The standard InChI is InChI=1S/C40H33FO8/c1-22(2)37(42)46-29-14-17-32(35(20-29)48-39(44)24(5)6)27-11-9-26(10-12-27)31-16-13-28(19-34(31)41)33-18-15-30(47-38(43)23(3)4)21-36(33)49-40(45)25(7)8/h9-21H,1,3,5,7H2,2,4,6,8H3. The summed E-state index contributed by atoms with van der Waals surface area (Å²) < 4.78 is 37.3. The second kappa shape index (κ2) is 15.0. The number of carbonyl (C=O) groups is 4. The summed E-state index contributed by atoms with van der Waals surface area (Å²) in [5, 5.41) is 0. The lowest BCUT2D eigenvalue weighted by Gasteiger charge is -2.14. The number of benzene rings is 4. The SMILES string of the molecule is C=C(C)C(=O)Oc1ccc(-c2ccc(-c3ccc(-c4ccc(OC(=O)C(=C)C)cc4OC(=O)C(=C)C)cc3F)cc2)c(OC(=O)C(=C)C)c1. The number of hydrogen-bond acceptors (Lipinski definition) is 8. The van der Waals surface area contributed by atoms with Crippen LogP contribution in [0.2, 0.25) is 0 Å². The Hall–Kier alpha value is -6.35. The summed E-state index contributed by atoms with van der Waals surface area (Å²) in [5.74, 6) is -2.78. The van der Waals surface area contributed by atoms with E-state index in [1.165, 1.54) is 52.0 Å². The first-order chi connectivity index (χ1) is 23.1. The van der Waals surface area contributed by atoms with Gasteiger partial charge in [-0.1, -0.05) is 62.7 Å². The summed E-state index contributed by atoms with van der Waals surface area (Å²) >= 11 is 0. The van der Waals surface area contributed by atoms with Gasteiger partial charge in [0, 0.05) is 51.1 Å². The van der Waals surface area contributed by atoms with Crippen molar-refractivity contribution in [3.8, 4) is 56.4 Å². The second-order valence-electron chi connectivity index (χ2n) is 11.3. The molecule has 0 unspecified atom stereocenters. The van der Waals surface area contributed by atoms with E-state index in [0.717, 1.165) is 0 Å². The first-order valence-electron chi connectivity index (χ1n) is 14.8. The topological polar surface area (TPSA) is 105 Å². The second-order valence-corrected chi connectivity index (χ2v) is 11.3. The van der Waals surface area contributed by atoms with Crippen LogP contribution in [0.1, 0.15) is 27.7 Å². The molecule has 8 nitrogen and oxygen atoms in total. The van der Waals surface area contributed by atoms with Crippen molar-refractivity contribution in [2.24, 2.45) is 0 Å². The van der Waals surface area contributed by atoms with Gasteiger partial charge in [-0.25, -0.2) is 23.6 Å². The Morgan fingerprint density at radius 3 is 1.16 bits per heavy atom. The fourth-order valence-electron chi connectivity index (χ4n) is 4.29. The molecule has 0 saturated heterocycles. The number of hydrogen-bond donors (Lipinski definition) is 0. The fraction of sp³-hybridized carbons (Fsp3) is 0.100. The van der Waals surface area contributed by atoms with E-state index >= 15 is 4.39 Å². The summed E-state index contributed by atoms with van der Waals surface area (Å²) in [4.78, 5) is 48.9. The Kier molecular flexibility index (Phi) is 10.9. The normalized spacial score (nSPS) is 10.4. The van der Waals surface area contributed by atoms with Crippen LogP contribution in [0.3, 0.4) is 0 Å². The zero-order valence-corrected chi connectivity index (χ0v) is 27.5. The average molecular weight is 661 g/mol. The predicted molar refractivity (Wildman–Crippen MR) is 185 cm³/mol. The molecule has 0 aliphatic carbocycles. The van der Waals surface area contributed by atoms with Crippen LogP contribution in [0.15, 0.2) is 127 Å². The van der Waals surface area contributed by atoms with Gasteiger partial charge in [0.1, 0.15) is 28.8 Å². The summed E-state index contributed by atoms with van der Waals surface area (Å²) in [6, 6.07) is 20.4. The summed E-state index contributed by atoms with van der Waals surface area (Å²) in [6.07, 6.45) is 0. The Bertz CT molecular complexity index is 2050. The third kappa shape index (κ3) is 8.72.